The lowest BCUT2D eigenvalue weighted by molar-refractivity contribution is -0.138. The predicted molar refractivity (Wildman–Crippen MR) is 134 cm³/mol. The Kier molecular flexibility index (Phi) is 7.81. The molecule has 0 spiro atoms. The van der Waals surface area contributed by atoms with E-state index in [0.717, 1.165) is 10.3 Å². The first-order valence-corrected chi connectivity index (χ1v) is 12.1. The molecular formula is C25H26BrN5O4. The molecule has 1 atom stereocenters. The number of nitrogens with zero attached hydrogens (tertiary/aromatic N) is 3. The largest absolute Gasteiger partial charge is 0.481 e. The monoisotopic (exact) mass is 539 g/mol. The fraction of sp³-hybridized carbons (Fsp3) is 0.280. The van der Waals surface area contributed by atoms with Gasteiger partial charge in [-0.15, -0.1) is 0 Å². The second-order valence-corrected chi connectivity index (χ2v) is 9.33. The smallest absolute Gasteiger partial charge is 0.324 e. The number of aliphatic carboxylic acids is 1. The highest BCUT2D eigenvalue weighted by atomic mass is 79.9. The third kappa shape index (κ3) is 6.27. The van der Waals surface area contributed by atoms with E-state index in [1.54, 1.807) is 34.3 Å². The fourth-order valence-electron chi connectivity index (χ4n) is 4.21. The summed E-state index contributed by atoms with van der Waals surface area (Å²) >= 11 is 3.40. The molecule has 2 heterocycles. The van der Waals surface area contributed by atoms with Gasteiger partial charge in [0.05, 0.1) is 6.42 Å². The van der Waals surface area contributed by atoms with Crippen molar-refractivity contribution in [3.05, 3.63) is 82.3 Å². The van der Waals surface area contributed by atoms with E-state index in [1.165, 1.54) is 0 Å². The summed E-state index contributed by atoms with van der Waals surface area (Å²) < 4.78 is 0.886. The highest BCUT2D eigenvalue weighted by Crippen LogP contribution is 2.27. The van der Waals surface area contributed by atoms with Crippen LogP contribution in [0.2, 0.25) is 0 Å². The van der Waals surface area contributed by atoms with E-state index in [2.05, 4.69) is 31.2 Å². The molecule has 182 valence electrons. The van der Waals surface area contributed by atoms with E-state index in [1.807, 2.05) is 36.4 Å². The van der Waals surface area contributed by atoms with Gasteiger partial charge in [0.2, 0.25) is 0 Å². The molecule has 1 aromatic heterocycles. The minimum atomic E-state index is -0.906. The number of nitrogens with one attached hydrogen (secondary N) is 2. The number of H-pyrrole nitrogens is 1. The molecule has 1 fully saturated rings. The molecule has 0 bridgehead atoms. The summed E-state index contributed by atoms with van der Waals surface area (Å²) in [6.45, 7) is 1.23. The van der Waals surface area contributed by atoms with E-state index in [9.17, 15) is 19.5 Å². The van der Waals surface area contributed by atoms with Crippen molar-refractivity contribution in [3.8, 4) is 0 Å². The molecule has 10 heteroatoms. The van der Waals surface area contributed by atoms with Crippen LogP contribution >= 0.6 is 15.9 Å². The number of carboxylic acids is 1. The minimum Gasteiger partial charge on any atom is -0.481 e. The summed E-state index contributed by atoms with van der Waals surface area (Å²) in [5.41, 5.74) is 1.88. The third-order valence-electron chi connectivity index (χ3n) is 5.85. The Balaban J connectivity index is 1.51. The second-order valence-electron chi connectivity index (χ2n) is 8.41. The lowest BCUT2D eigenvalue weighted by Crippen LogP contribution is -2.53. The van der Waals surface area contributed by atoms with Gasteiger partial charge in [-0.25, -0.2) is 9.78 Å². The van der Waals surface area contributed by atoms with Crippen LogP contribution in [0.1, 0.15) is 28.2 Å². The number of rotatable bonds is 9. The van der Waals surface area contributed by atoms with Crippen LogP contribution in [0.5, 0.6) is 0 Å². The number of carboxylic acid groups (broad SMARTS) is 1. The predicted octanol–water partition coefficient (Wildman–Crippen LogP) is 3.68. The zero-order chi connectivity index (χ0) is 24.8. The van der Waals surface area contributed by atoms with Crippen molar-refractivity contribution in [2.75, 3.05) is 24.5 Å². The molecule has 1 aliphatic heterocycles. The highest BCUT2D eigenvalue weighted by molar-refractivity contribution is 9.10. The third-order valence-corrected chi connectivity index (χ3v) is 6.38. The summed E-state index contributed by atoms with van der Waals surface area (Å²) in [5.74, 6) is -0.599. The van der Waals surface area contributed by atoms with Gasteiger partial charge in [-0.2, -0.15) is 0 Å². The molecule has 0 saturated carbocycles. The number of hydrogen-bond donors (Lipinski definition) is 3. The van der Waals surface area contributed by atoms with Crippen LogP contribution < -0.4 is 10.2 Å². The Hall–Kier alpha value is -3.66. The Labute approximate surface area is 211 Å². The van der Waals surface area contributed by atoms with Gasteiger partial charge in [-0.3, -0.25) is 14.5 Å². The van der Waals surface area contributed by atoms with Crippen LogP contribution in [0.25, 0.3) is 0 Å². The van der Waals surface area contributed by atoms with Gasteiger partial charge in [0.25, 0.3) is 5.91 Å². The van der Waals surface area contributed by atoms with Gasteiger partial charge in [0.15, 0.2) is 0 Å². The van der Waals surface area contributed by atoms with Gasteiger partial charge in [-0.05, 0) is 35.9 Å². The maximum atomic E-state index is 13.4. The molecule has 1 aliphatic rings. The summed E-state index contributed by atoms with van der Waals surface area (Å²) in [6, 6.07) is 14.3. The Morgan fingerprint density at radius 1 is 1.14 bits per heavy atom. The van der Waals surface area contributed by atoms with E-state index >= 15 is 0 Å². The number of carbonyl (C=O) groups is 3. The summed E-state index contributed by atoms with van der Waals surface area (Å²) in [6.07, 6.45) is 3.92. The molecule has 35 heavy (non-hydrogen) atoms. The van der Waals surface area contributed by atoms with Crippen LogP contribution in [0.3, 0.4) is 0 Å². The van der Waals surface area contributed by atoms with E-state index in [-0.39, 0.29) is 30.8 Å². The van der Waals surface area contributed by atoms with Gasteiger partial charge in [-0.1, -0.05) is 34.1 Å². The maximum Gasteiger partial charge on any atom is 0.324 e. The zero-order valence-corrected chi connectivity index (χ0v) is 20.6. The van der Waals surface area contributed by atoms with E-state index in [0.29, 0.717) is 42.9 Å². The number of aromatic nitrogens is 2. The molecule has 0 aliphatic carbocycles. The van der Waals surface area contributed by atoms with Gasteiger partial charge in [0, 0.05) is 66.6 Å². The van der Waals surface area contributed by atoms with Crippen molar-refractivity contribution in [1.82, 2.24) is 20.2 Å². The number of carbonyl (C=O) groups excluding carboxylic acids is 2. The van der Waals surface area contributed by atoms with Crippen LogP contribution in [0.15, 0.2) is 65.4 Å². The normalized spacial score (nSPS) is 15.8. The van der Waals surface area contributed by atoms with Gasteiger partial charge < -0.3 is 20.3 Å². The Morgan fingerprint density at radius 3 is 2.63 bits per heavy atom. The number of anilines is 1. The molecule has 9 nitrogen and oxygen atoms in total. The standard InChI is InChI=1S/C25H26BrN5O4/c26-19-5-7-20(8-6-19)31-15-17(13-23(32)33)14-30(25(31)35)16-18-3-1-2-4-21(18)24(34)29-10-9-22-27-11-12-28-22/h1-8,11-12,17H,9-10,13-16H2,(H,27,28)(H,29,34)(H,32,33). The van der Waals surface area contributed by atoms with Gasteiger partial charge in [0.1, 0.15) is 5.82 Å². The van der Waals surface area contributed by atoms with Crippen molar-refractivity contribution in [2.45, 2.75) is 19.4 Å². The number of urea groups is 1. The van der Waals surface area contributed by atoms with Crippen molar-refractivity contribution in [3.63, 3.8) is 0 Å². The summed E-state index contributed by atoms with van der Waals surface area (Å²) in [5, 5.41) is 12.3. The van der Waals surface area contributed by atoms with Crippen molar-refractivity contribution in [1.29, 1.82) is 0 Å². The van der Waals surface area contributed by atoms with Crippen LogP contribution in [0.4, 0.5) is 10.5 Å². The van der Waals surface area contributed by atoms with Gasteiger partial charge >= 0.3 is 12.0 Å². The summed E-state index contributed by atoms with van der Waals surface area (Å²) in [7, 11) is 0. The number of hydrogen-bond acceptors (Lipinski definition) is 4. The Morgan fingerprint density at radius 2 is 1.91 bits per heavy atom. The lowest BCUT2D eigenvalue weighted by Gasteiger charge is -2.40. The Bertz CT molecular complexity index is 1180. The molecule has 3 aromatic rings. The average Bonchev–Trinajstić information content (AvgIpc) is 3.35. The van der Waals surface area contributed by atoms with Crippen molar-refractivity contribution < 1.29 is 19.5 Å². The molecule has 3 N–H and O–H groups in total. The fourth-order valence-corrected chi connectivity index (χ4v) is 4.47. The molecule has 1 saturated heterocycles. The zero-order valence-electron chi connectivity index (χ0n) is 19.0. The number of amides is 3. The first kappa shape index (κ1) is 24.5. The lowest BCUT2D eigenvalue weighted by atomic mass is 9.99. The number of imidazole rings is 1. The molecule has 1 unspecified atom stereocenters. The SMILES string of the molecule is O=C(O)CC1CN(Cc2ccccc2C(=O)NCCc2ncc[nH]2)C(=O)N(c2ccc(Br)cc2)C1. The molecular weight excluding hydrogens is 514 g/mol. The number of aromatic amines is 1. The molecule has 3 amide bonds. The average molecular weight is 540 g/mol. The molecule has 4 rings (SSSR count). The summed E-state index contributed by atoms with van der Waals surface area (Å²) in [4.78, 5) is 48.1. The van der Waals surface area contributed by atoms with Crippen LogP contribution in [-0.4, -0.2) is 57.5 Å². The van der Waals surface area contributed by atoms with E-state index < -0.39 is 5.97 Å². The maximum absolute atomic E-state index is 13.4. The quantitative estimate of drug-likeness (QED) is 0.383. The topological polar surface area (TPSA) is 119 Å². The first-order chi connectivity index (χ1) is 16.9. The van der Waals surface area contributed by atoms with Crippen molar-refractivity contribution >= 4 is 39.5 Å². The number of benzene rings is 2. The first-order valence-electron chi connectivity index (χ1n) is 11.3. The van der Waals surface area contributed by atoms with Crippen LogP contribution in [0, 0.1) is 5.92 Å². The highest BCUT2D eigenvalue weighted by Gasteiger charge is 2.34. The second kappa shape index (κ2) is 11.2. The molecule has 0 radical (unpaired) electrons. The molecule has 2 aromatic carbocycles. The van der Waals surface area contributed by atoms with E-state index in [4.69, 9.17) is 0 Å². The van der Waals surface area contributed by atoms with Crippen LogP contribution in [-0.2, 0) is 17.8 Å². The number of halogens is 1. The minimum absolute atomic E-state index is 0.0499. The van der Waals surface area contributed by atoms with Crippen molar-refractivity contribution in [2.24, 2.45) is 5.92 Å².